The van der Waals surface area contributed by atoms with Crippen molar-refractivity contribution in [3.63, 3.8) is 0 Å². The van der Waals surface area contributed by atoms with Gasteiger partial charge in [-0.2, -0.15) is 5.10 Å². The average Bonchev–Trinajstić information content (AvgIpc) is 2.54. The van der Waals surface area contributed by atoms with Crippen molar-refractivity contribution in [2.45, 2.75) is 38.1 Å². The Morgan fingerprint density at radius 3 is 2.78 bits per heavy atom. The number of nitrogens with two attached hydrogens (primary N) is 1. The van der Waals surface area contributed by atoms with Gasteiger partial charge in [0.25, 0.3) is 5.91 Å². The molecule has 0 bridgehead atoms. The normalized spacial score (nSPS) is 22.9. The summed E-state index contributed by atoms with van der Waals surface area (Å²) in [7, 11) is 0. The predicted octanol–water partition coefficient (Wildman–Crippen LogP) is -0.0361. The van der Waals surface area contributed by atoms with Crippen molar-refractivity contribution in [1.29, 1.82) is 0 Å². The van der Waals surface area contributed by atoms with Gasteiger partial charge in [-0.15, -0.1) is 0 Å². The van der Waals surface area contributed by atoms with Crippen LogP contribution in [-0.4, -0.2) is 28.8 Å². The Kier molecular flexibility index (Phi) is 5.02. The molecule has 5 N–H and O–H groups in total. The van der Waals surface area contributed by atoms with Gasteiger partial charge in [-0.3, -0.25) is 15.5 Å². The van der Waals surface area contributed by atoms with Crippen LogP contribution in [0.1, 0.15) is 32.6 Å². The minimum Gasteiger partial charge on any atom is -0.375 e. The first-order chi connectivity index (χ1) is 8.50. The molecular weight excluding hydrogens is 254 g/mol. The Labute approximate surface area is 111 Å². The standard InChI is InChI=1S/C10H17N5O2S/c1-2-3-4-5-10(6-12-15-8(11)18)7(16)13-9(17)14-10/h6H,2-5H2,1H3,(H3,11,15,18)(H2,13,14,16,17)/b12-6+/t10-/m1/s1. The van der Waals surface area contributed by atoms with E-state index in [9.17, 15) is 9.59 Å². The van der Waals surface area contributed by atoms with Crippen LogP contribution in [0.3, 0.4) is 0 Å². The highest BCUT2D eigenvalue weighted by molar-refractivity contribution is 7.80. The van der Waals surface area contributed by atoms with Crippen LogP contribution < -0.4 is 21.8 Å². The summed E-state index contributed by atoms with van der Waals surface area (Å²) in [6.07, 6.45) is 4.63. The molecule has 0 saturated carbocycles. The number of carbonyl (C=O) groups excluding carboxylic acids is 2. The van der Waals surface area contributed by atoms with Crippen molar-refractivity contribution < 1.29 is 9.59 Å². The molecule has 1 heterocycles. The lowest BCUT2D eigenvalue weighted by Crippen LogP contribution is -2.49. The SMILES string of the molecule is CCCCC[C@]1(/C=N/NC(N)=S)NC(=O)NC1=O. The summed E-state index contributed by atoms with van der Waals surface area (Å²) < 4.78 is 0. The molecular formula is C10H17N5O2S. The molecule has 0 aromatic carbocycles. The molecule has 100 valence electrons. The molecule has 18 heavy (non-hydrogen) atoms. The summed E-state index contributed by atoms with van der Waals surface area (Å²) >= 11 is 4.60. The lowest BCUT2D eigenvalue weighted by Gasteiger charge is -2.20. The number of imide groups is 1. The van der Waals surface area contributed by atoms with E-state index >= 15 is 0 Å². The first-order valence-electron chi connectivity index (χ1n) is 5.73. The zero-order valence-electron chi connectivity index (χ0n) is 10.2. The van der Waals surface area contributed by atoms with E-state index in [1.54, 1.807) is 0 Å². The molecule has 8 heteroatoms. The molecule has 0 spiro atoms. The Morgan fingerprint density at radius 1 is 1.56 bits per heavy atom. The molecule has 1 rings (SSSR count). The maximum absolute atomic E-state index is 11.8. The number of amides is 3. The minimum absolute atomic E-state index is 0.000287. The van der Waals surface area contributed by atoms with E-state index in [0.717, 1.165) is 19.3 Å². The van der Waals surface area contributed by atoms with E-state index < -0.39 is 17.5 Å². The summed E-state index contributed by atoms with van der Waals surface area (Å²) in [6.45, 7) is 2.06. The fourth-order valence-corrected chi connectivity index (χ4v) is 1.75. The summed E-state index contributed by atoms with van der Waals surface area (Å²) in [5.41, 5.74) is 6.49. The topological polar surface area (TPSA) is 109 Å². The highest BCUT2D eigenvalue weighted by Crippen LogP contribution is 2.17. The number of rotatable bonds is 6. The van der Waals surface area contributed by atoms with Crippen LogP contribution in [0.2, 0.25) is 0 Å². The van der Waals surface area contributed by atoms with Crippen molar-refractivity contribution in [3.8, 4) is 0 Å². The molecule has 1 aliphatic heterocycles. The number of unbranched alkanes of at least 4 members (excludes halogenated alkanes) is 2. The summed E-state index contributed by atoms with van der Waals surface area (Å²) in [5.74, 6) is -0.405. The van der Waals surface area contributed by atoms with Gasteiger partial charge in [-0.25, -0.2) is 4.79 Å². The van der Waals surface area contributed by atoms with Crippen LogP contribution in [0.4, 0.5) is 4.79 Å². The number of hydrogen-bond acceptors (Lipinski definition) is 4. The van der Waals surface area contributed by atoms with Gasteiger partial charge in [0.2, 0.25) is 0 Å². The van der Waals surface area contributed by atoms with Crippen molar-refractivity contribution in [3.05, 3.63) is 0 Å². The Morgan fingerprint density at radius 2 is 2.28 bits per heavy atom. The molecule has 7 nitrogen and oxygen atoms in total. The molecule has 0 aromatic rings. The first kappa shape index (κ1) is 14.4. The van der Waals surface area contributed by atoms with Gasteiger partial charge in [0, 0.05) is 0 Å². The second kappa shape index (κ2) is 6.29. The second-order valence-corrected chi connectivity index (χ2v) is 4.51. The van der Waals surface area contributed by atoms with Crippen LogP contribution in [0.5, 0.6) is 0 Å². The van der Waals surface area contributed by atoms with Crippen molar-refractivity contribution >= 4 is 35.5 Å². The van der Waals surface area contributed by atoms with Gasteiger partial charge in [-0.1, -0.05) is 26.2 Å². The molecule has 3 amide bonds. The maximum atomic E-state index is 11.8. The number of hydrogen-bond donors (Lipinski definition) is 4. The van der Waals surface area contributed by atoms with Crippen molar-refractivity contribution in [2.75, 3.05) is 0 Å². The van der Waals surface area contributed by atoms with Crippen molar-refractivity contribution in [1.82, 2.24) is 16.1 Å². The van der Waals surface area contributed by atoms with Crippen LogP contribution in [0, 0.1) is 0 Å². The van der Waals surface area contributed by atoms with Crippen LogP contribution >= 0.6 is 12.2 Å². The number of urea groups is 1. The quantitative estimate of drug-likeness (QED) is 0.178. The molecule has 0 radical (unpaired) electrons. The highest BCUT2D eigenvalue weighted by atomic mass is 32.1. The molecule has 1 fully saturated rings. The van der Waals surface area contributed by atoms with Gasteiger partial charge in [-0.05, 0) is 18.6 Å². The van der Waals surface area contributed by atoms with E-state index in [0.29, 0.717) is 6.42 Å². The molecule has 0 aromatic heterocycles. The zero-order chi connectivity index (χ0) is 13.6. The minimum atomic E-state index is -1.11. The number of carbonyl (C=O) groups is 2. The second-order valence-electron chi connectivity index (χ2n) is 4.07. The lowest BCUT2D eigenvalue weighted by atomic mass is 9.94. The number of hydrazone groups is 1. The summed E-state index contributed by atoms with van der Waals surface area (Å²) in [6, 6.07) is -0.515. The van der Waals surface area contributed by atoms with Gasteiger partial charge in [0.05, 0.1) is 6.21 Å². The average molecular weight is 271 g/mol. The number of nitrogens with zero attached hydrogens (tertiary/aromatic N) is 1. The monoisotopic (exact) mass is 271 g/mol. The van der Waals surface area contributed by atoms with Gasteiger partial charge in [0.15, 0.2) is 10.7 Å². The van der Waals surface area contributed by atoms with E-state index in [-0.39, 0.29) is 5.11 Å². The Hall–Kier alpha value is -1.70. The first-order valence-corrected chi connectivity index (χ1v) is 6.14. The largest absolute Gasteiger partial charge is 0.375 e. The van der Waals surface area contributed by atoms with E-state index in [4.69, 9.17) is 5.73 Å². The van der Waals surface area contributed by atoms with E-state index in [1.807, 2.05) is 0 Å². The van der Waals surface area contributed by atoms with Gasteiger partial charge < -0.3 is 11.1 Å². The Balaban J connectivity index is 2.74. The van der Waals surface area contributed by atoms with Crippen LogP contribution in [0.15, 0.2) is 5.10 Å². The number of thiocarbonyl (C=S) groups is 1. The molecule has 1 atom stereocenters. The lowest BCUT2D eigenvalue weighted by molar-refractivity contribution is -0.121. The van der Waals surface area contributed by atoms with Crippen LogP contribution in [0.25, 0.3) is 0 Å². The third-order valence-electron chi connectivity index (χ3n) is 2.60. The third-order valence-corrected chi connectivity index (χ3v) is 2.69. The summed E-state index contributed by atoms with van der Waals surface area (Å²) in [5, 5.41) is 8.55. The molecule has 1 saturated heterocycles. The smallest absolute Gasteiger partial charge is 0.322 e. The molecule has 0 unspecified atom stereocenters. The molecule has 0 aliphatic carbocycles. The highest BCUT2D eigenvalue weighted by Gasteiger charge is 2.44. The molecule has 1 aliphatic rings. The van der Waals surface area contributed by atoms with E-state index in [2.05, 4.69) is 40.3 Å². The Bertz CT molecular complexity index is 384. The van der Waals surface area contributed by atoms with Crippen LogP contribution in [-0.2, 0) is 4.79 Å². The fraction of sp³-hybridized carbons (Fsp3) is 0.600. The summed E-state index contributed by atoms with van der Waals surface area (Å²) in [4.78, 5) is 23.0. The van der Waals surface area contributed by atoms with Crippen molar-refractivity contribution in [2.24, 2.45) is 10.8 Å². The van der Waals surface area contributed by atoms with Gasteiger partial charge in [0.1, 0.15) is 0 Å². The van der Waals surface area contributed by atoms with E-state index in [1.165, 1.54) is 6.21 Å². The third kappa shape index (κ3) is 3.66. The maximum Gasteiger partial charge on any atom is 0.322 e. The van der Waals surface area contributed by atoms with Gasteiger partial charge >= 0.3 is 6.03 Å². The zero-order valence-corrected chi connectivity index (χ0v) is 11.0. The predicted molar refractivity (Wildman–Crippen MR) is 72.0 cm³/mol. The fourth-order valence-electron chi connectivity index (χ4n) is 1.70. The number of nitrogens with one attached hydrogen (secondary N) is 3.